The Morgan fingerprint density at radius 1 is 1.29 bits per heavy atom. The van der Waals surface area contributed by atoms with E-state index in [0.29, 0.717) is 25.9 Å². The lowest BCUT2D eigenvalue weighted by Crippen LogP contribution is -2.48. The van der Waals surface area contributed by atoms with Crippen molar-refractivity contribution in [3.05, 3.63) is 29.8 Å². The van der Waals surface area contributed by atoms with Crippen molar-refractivity contribution in [2.75, 3.05) is 20.2 Å². The Kier molecular flexibility index (Phi) is 3.89. The van der Waals surface area contributed by atoms with Gasteiger partial charge < -0.3 is 14.7 Å². The van der Waals surface area contributed by atoms with Gasteiger partial charge in [0.05, 0.1) is 12.7 Å². The van der Waals surface area contributed by atoms with Gasteiger partial charge in [-0.15, -0.1) is 0 Å². The molecule has 3 rings (SSSR count). The highest BCUT2D eigenvalue weighted by molar-refractivity contribution is 5.79. The molecule has 1 saturated carbocycles. The number of hydrogen-bond donors (Lipinski definition) is 1. The number of ether oxygens (including phenoxy) is 1. The molecular weight excluding hydrogens is 266 g/mol. The van der Waals surface area contributed by atoms with Crippen molar-refractivity contribution < 1.29 is 14.6 Å². The average molecular weight is 289 g/mol. The Labute approximate surface area is 125 Å². The summed E-state index contributed by atoms with van der Waals surface area (Å²) in [6.45, 7) is 1.26. The lowest BCUT2D eigenvalue weighted by atomic mass is 9.81. The van der Waals surface area contributed by atoms with Gasteiger partial charge in [-0.05, 0) is 31.7 Å². The van der Waals surface area contributed by atoms with E-state index in [4.69, 9.17) is 4.74 Å². The van der Waals surface area contributed by atoms with Gasteiger partial charge in [-0.3, -0.25) is 4.79 Å². The molecule has 0 unspecified atom stereocenters. The average Bonchev–Trinajstić information content (AvgIpc) is 2.46. The SMILES string of the molecule is COc1ccccc1C1(O)CCN(C(=O)C2CCC2)CC1. The van der Waals surface area contributed by atoms with Crippen LogP contribution in [0.25, 0.3) is 0 Å². The maximum atomic E-state index is 12.3. The van der Waals surface area contributed by atoms with Crippen molar-refractivity contribution in [3.63, 3.8) is 0 Å². The number of piperidine rings is 1. The number of aliphatic hydroxyl groups is 1. The molecule has 0 radical (unpaired) electrons. The van der Waals surface area contributed by atoms with Gasteiger partial charge >= 0.3 is 0 Å². The Morgan fingerprint density at radius 3 is 2.52 bits per heavy atom. The van der Waals surface area contributed by atoms with Crippen LogP contribution in [0.1, 0.15) is 37.7 Å². The van der Waals surface area contributed by atoms with Crippen LogP contribution in [0.4, 0.5) is 0 Å². The predicted octanol–water partition coefficient (Wildman–Crippen LogP) is 2.31. The van der Waals surface area contributed by atoms with Crippen LogP contribution in [0.15, 0.2) is 24.3 Å². The summed E-state index contributed by atoms with van der Waals surface area (Å²) in [6, 6.07) is 7.62. The second-order valence-corrected chi connectivity index (χ2v) is 6.18. The van der Waals surface area contributed by atoms with Gasteiger partial charge in [0, 0.05) is 24.6 Å². The largest absolute Gasteiger partial charge is 0.496 e. The highest BCUT2D eigenvalue weighted by atomic mass is 16.5. The summed E-state index contributed by atoms with van der Waals surface area (Å²) >= 11 is 0. The lowest BCUT2D eigenvalue weighted by Gasteiger charge is -2.41. The van der Waals surface area contributed by atoms with Crippen LogP contribution in [0.2, 0.25) is 0 Å². The normalized spacial score (nSPS) is 21.7. The standard InChI is InChI=1S/C17H23NO3/c1-21-15-8-3-2-7-14(15)17(20)9-11-18(12-10-17)16(19)13-5-4-6-13/h2-3,7-8,13,20H,4-6,9-12H2,1H3. The van der Waals surface area contributed by atoms with Crippen LogP contribution in [-0.4, -0.2) is 36.1 Å². The summed E-state index contributed by atoms with van der Waals surface area (Å²) in [4.78, 5) is 14.2. The van der Waals surface area contributed by atoms with Crippen LogP contribution in [0, 0.1) is 5.92 Å². The van der Waals surface area contributed by atoms with E-state index >= 15 is 0 Å². The Hall–Kier alpha value is -1.55. The first-order chi connectivity index (χ1) is 10.1. The number of benzene rings is 1. The van der Waals surface area contributed by atoms with E-state index in [0.717, 1.165) is 24.2 Å². The molecule has 1 amide bonds. The van der Waals surface area contributed by atoms with Gasteiger partial charge in [0.2, 0.25) is 5.91 Å². The summed E-state index contributed by atoms with van der Waals surface area (Å²) in [6.07, 6.45) is 4.39. The van der Waals surface area contributed by atoms with Gasteiger partial charge in [0.15, 0.2) is 0 Å². The Balaban J connectivity index is 1.70. The molecule has 1 aromatic rings. The van der Waals surface area contributed by atoms with Gasteiger partial charge in [-0.1, -0.05) is 24.6 Å². The molecule has 1 aliphatic carbocycles. The fraction of sp³-hybridized carbons (Fsp3) is 0.588. The molecule has 0 atom stereocenters. The minimum Gasteiger partial charge on any atom is -0.496 e. The van der Waals surface area contributed by atoms with Crippen LogP contribution in [0.3, 0.4) is 0 Å². The zero-order valence-corrected chi connectivity index (χ0v) is 12.5. The van der Waals surface area contributed by atoms with Crippen molar-refractivity contribution >= 4 is 5.91 Å². The van der Waals surface area contributed by atoms with Crippen molar-refractivity contribution in [1.82, 2.24) is 4.90 Å². The molecule has 0 bridgehead atoms. The first kappa shape index (κ1) is 14.4. The molecule has 1 heterocycles. The van der Waals surface area contributed by atoms with E-state index in [1.54, 1.807) is 7.11 Å². The van der Waals surface area contributed by atoms with Crippen LogP contribution in [0.5, 0.6) is 5.75 Å². The van der Waals surface area contributed by atoms with E-state index in [1.165, 1.54) is 6.42 Å². The van der Waals surface area contributed by atoms with Crippen LogP contribution in [-0.2, 0) is 10.4 Å². The summed E-state index contributed by atoms with van der Waals surface area (Å²) in [5.74, 6) is 1.24. The minimum atomic E-state index is -0.886. The number of hydrogen-bond acceptors (Lipinski definition) is 3. The van der Waals surface area contributed by atoms with Crippen molar-refractivity contribution in [2.24, 2.45) is 5.92 Å². The summed E-state index contributed by atoms with van der Waals surface area (Å²) < 4.78 is 5.36. The topological polar surface area (TPSA) is 49.8 Å². The first-order valence-electron chi connectivity index (χ1n) is 7.79. The number of methoxy groups -OCH3 is 1. The van der Waals surface area contributed by atoms with E-state index in [2.05, 4.69) is 0 Å². The number of nitrogens with zero attached hydrogens (tertiary/aromatic N) is 1. The third kappa shape index (κ3) is 2.64. The van der Waals surface area contributed by atoms with E-state index < -0.39 is 5.60 Å². The molecule has 0 spiro atoms. The number of carbonyl (C=O) groups is 1. The Morgan fingerprint density at radius 2 is 1.95 bits per heavy atom. The quantitative estimate of drug-likeness (QED) is 0.929. The highest BCUT2D eigenvalue weighted by Crippen LogP contribution is 2.39. The molecule has 2 fully saturated rings. The van der Waals surface area contributed by atoms with Crippen molar-refractivity contribution in [1.29, 1.82) is 0 Å². The maximum Gasteiger partial charge on any atom is 0.225 e. The summed E-state index contributed by atoms with van der Waals surface area (Å²) in [5.41, 5.74) is -0.0496. The number of para-hydroxylation sites is 1. The molecule has 0 aromatic heterocycles. The minimum absolute atomic E-state index is 0.238. The van der Waals surface area contributed by atoms with Gasteiger partial charge in [0.1, 0.15) is 5.75 Å². The highest BCUT2D eigenvalue weighted by Gasteiger charge is 2.39. The van der Waals surface area contributed by atoms with Crippen LogP contribution < -0.4 is 4.74 Å². The zero-order chi connectivity index (χ0) is 14.9. The van der Waals surface area contributed by atoms with Gasteiger partial charge in [-0.2, -0.15) is 0 Å². The molecule has 21 heavy (non-hydrogen) atoms. The van der Waals surface area contributed by atoms with E-state index in [1.807, 2.05) is 29.2 Å². The fourth-order valence-electron chi connectivity index (χ4n) is 3.31. The monoisotopic (exact) mass is 289 g/mol. The summed E-state index contributed by atoms with van der Waals surface area (Å²) in [5, 5.41) is 10.9. The van der Waals surface area contributed by atoms with Crippen molar-refractivity contribution in [3.8, 4) is 5.75 Å². The molecule has 1 aromatic carbocycles. The second kappa shape index (κ2) is 5.68. The van der Waals surface area contributed by atoms with Crippen LogP contribution >= 0.6 is 0 Å². The number of amides is 1. The summed E-state index contributed by atoms with van der Waals surface area (Å²) in [7, 11) is 1.62. The molecule has 4 heteroatoms. The zero-order valence-electron chi connectivity index (χ0n) is 12.5. The molecule has 2 aliphatic rings. The third-order valence-electron chi connectivity index (χ3n) is 4.97. The fourth-order valence-corrected chi connectivity index (χ4v) is 3.31. The van der Waals surface area contributed by atoms with Gasteiger partial charge in [-0.25, -0.2) is 0 Å². The van der Waals surface area contributed by atoms with Gasteiger partial charge in [0.25, 0.3) is 0 Å². The maximum absolute atomic E-state index is 12.3. The molecule has 1 N–H and O–H groups in total. The second-order valence-electron chi connectivity index (χ2n) is 6.18. The Bertz CT molecular complexity index is 517. The molecule has 4 nitrogen and oxygen atoms in total. The van der Waals surface area contributed by atoms with Crippen molar-refractivity contribution in [2.45, 2.75) is 37.7 Å². The lowest BCUT2D eigenvalue weighted by molar-refractivity contribution is -0.142. The first-order valence-corrected chi connectivity index (χ1v) is 7.79. The number of rotatable bonds is 3. The molecule has 114 valence electrons. The molecule has 1 saturated heterocycles. The number of carbonyl (C=O) groups excluding carboxylic acids is 1. The van der Waals surface area contributed by atoms with E-state index in [-0.39, 0.29) is 11.8 Å². The predicted molar refractivity (Wildman–Crippen MR) is 80.0 cm³/mol. The molecular formula is C17H23NO3. The number of likely N-dealkylation sites (tertiary alicyclic amines) is 1. The van der Waals surface area contributed by atoms with E-state index in [9.17, 15) is 9.90 Å². The molecule has 1 aliphatic heterocycles. The smallest absolute Gasteiger partial charge is 0.225 e. The third-order valence-corrected chi connectivity index (χ3v) is 4.97.